The Labute approximate surface area is 176 Å². The van der Waals surface area contributed by atoms with Gasteiger partial charge < -0.3 is 20.4 Å². The lowest BCUT2D eigenvalue weighted by atomic mass is 9.92. The number of H-pyrrole nitrogens is 1. The molecule has 0 saturated carbocycles. The van der Waals surface area contributed by atoms with Crippen molar-refractivity contribution < 1.29 is 9.53 Å². The van der Waals surface area contributed by atoms with Crippen LogP contribution in [0, 0.1) is 17.2 Å². The van der Waals surface area contributed by atoms with Crippen LogP contribution in [-0.2, 0) is 11.2 Å². The van der Waals surface area contributed by atoms with Gasteiger partial charge in [0.2, 0.25) is 0 Å². The van der Waals surface area contributed by atoms with E-state index in [2.05, 4.69) is 16.0 Å². The molecule has 3 N–H and O–H groups in total. The minimum absolute atomic E-state index is 0.0309. The average Bonchev–Trinajstić information content (AvgIpc) is 3.20. The predicted molar refractivity (Wildman–Crippen MR) is 118 cm³/mol. The molecule has 0 unspecified atom stereocenters. The number of aromatic nitrogens is 1. The summed E-state index contributed by atoms with van der Waals surface area (Å²) >= 11 is 0. The van der Waals surface area contributed by atoms with Crippen LogP contribution in [0.2, 0.25) is 0 Å². The van der Waals surface area contributed by atoms with Crippen LogP contribution in [0.25, 0.3) is 10.9 Å². The molecule has 6 nitrogen and oxygen atoms in total. The highest BCUT2D eigenvalue weighted by Gasteiger charge is 2.25. The first-order valence-corrected chi connectivity index (χ1v) is 10.4. The summed E-state index contributed by atoms with van der Waals surface area (Å²) in [4.78, 5) is 18.2. The third-order valence-corrected chi connectivity index (χ3v) is 5.85. The second kappa shape index (κ2) is 9.02. The topological polar surface area (TPSA) is 95.1 Å². The normalized spacial score (nSPS) is 14.6. The summed E-state index contributed by atoms with van der Waals surface area (Å²) in [5.74, 6) is 0.901. The second-order valence-corrected chi connectivity index (χ2v) is 7.73. The Balaban J connectivity index is 1.31. The molecular weight excluding hydrogens is 376 g/mol. The van der Waals surface area contributed by atoms with Crippen LogP contribution in [0.1, 0.15) is 24.0 Å². The van der Waals surface area contributed by atoms with Gasteiger partial charge in [0.05, 0.1) is 11.6 Å². The fraction of sp³-hybridized carbons (Fsp3) is 0.333. The SMILES string of the molecule is N#Cc1ccc(N2CCC(C(=O)COc3ccc4[nH]cc(CCN)c4c3)CC2)cc1. The molecule has 1 aliphatic heterocycles. The third kappa shape index (κ3) is 4.32. The number of nitrogens with one attached hydrogen (secondary N) is 1. The summed E-state index contributed by atoms with van der Waals surface area (Å²) in [6.07, 6.45) is 4.42. The zero-order valence-corrected chi connectivity index (χ0v) is 16.9. The Hall–Kier alpha value is -3.30. The van der Waals surface area contributed by atoms with Crippen molar-refractivity contribution in [3.63, 3.8) is 0 Å². The molecule has 4 rings (SSSR count). The first kappa shape index (κ1) is 20.0. The predicted octanol–water partition coefficient (Wildman–Crippen LogP) is 3.41. The number of anilines is 1. The Morgan fingerprint density at radius 2 is 1.97 bits per heavy atom. The van der Waals surface area contributed by atoms with Crippen LogP contribution in [-0.4, -0.2) is 37.0 Å². The summed E-state index contributed by atoms with van der Waals surface area (Å²) in [5, 5.41) is 10.0. The Kier molecular flexibility index (Phi) is 6.01. The van der Waals surface area contributed by atoms with Gasteiger partial charge in [-0.15, -0.1) is 0 Å². The van der Waals surface area contributed by atoms with Crippen molar-refractivity contribution in [3.05, 3.63) is 59.8 Å². The van der Waals surface area contributed by atoms with Crippen molar-refractivity contribution in [3.8, 4) is 11.8 Å². The molecule has 30 heavy (non-hydrogen) atoms. The molecule has 0 amide bonds. The maximum atomic E-state index is 12.7. The minimum Gasteiger partial charge on any atom is -0.486 e. The maximum Gasteiger partial charge on any atom is 0.173 e. The number of benzene rings is 2. The number of ketones is 1. The molecule has 1 fully saturated rings. The fourth-order valence-corrected chi connectivity index (χ4v) is 4.09. The number of fused-ring (bicyclic) bond motifs is 1. The van der Waals surface area contributed by atoms with Crippen LogP contribution in [0.3, 0.4) is 0 Å². The molecule has 0 radical (unpaired) electrons. The van der Waals surface area contributed by atoms with Crippen molar-refractivity contribution >= 4 is 22.4 Å². The average molecular weight is 402 g/mol. The van der Waals surface area contributed by atoms with Crippen molar-refractivity contribution in [2.75, 3.05) is 31.1 Å². The summed E-state index contributed by atoms with van der Waals surface area (Å²) in [7, 11) is 0. The number of ether oxygens (including phenoxy) is 1. The van der Waals surface area contributed by atoms with E-state index in [-0.39, 0.29) is 18.3 Å². The molecule has 0 spiro atoms. The zero-order valence-electron chi connectivity index (χ0n) is 16.9. The number of Topliss-reactive ketones (excluding diaryl/α,β-unsaturated/α-hetero) is 1. The number of hydrogen-bond donors (Lipinski definition) is 2. The van der Waals surface area contributed by atoms with Crippen LogP contribution in [0.15, 0.2) is 48.7 Å². The first-order chi connectivity index (χ1) is 14.7. The van der Waals surface area contributed by atoms with E-state index in [9.17, 15) is 4.79 Å². The molecule has 0 aliphatic carbocycles. The van der Waals surface area contributed by atoms with Crippen LogP contribution in [0.4, 0.5) is 5.69 Å². The van der Waals surface area contributed by atoms with E-state index in [1.807, 2.05) is 48.7 Å². The van der Waals surface area contributed by atoms with Crippen molar-refractivity contribution in [1.29, 1.82) is 5.26 Å². The monoisotopic (exact) mass is 402 g/mol. The number of nitriles is 1. The number of carbonyl (C=O) groups is 1. The molecule has 1 saturated heterocycles. The lowest BCUT2D eigenvalue weighted by Crippen LogP contribution is -2.37. The highest BCUT2D eigenvalue weighted by molar-refractivity contribution is 5.85. The zero-order chi connectivity index (χ0) is 20.9. The number of nitrogens with zero attached hydrogens (tertiary/aromatic N) is 2. The molecule has 1 aromatic heterocycles. The van der Waals surface area contributed by atoms with Gasteiger partial charge >= 0.3 is 0 Å². The molecule has 2 aromatic carbocycles. The van der Waals surface area contributed by atoms with Gasteiger partial charge in [0, 0.05) is 41.8 Å². The second-order valence-electron chi connectivity index (χ2n) is 7.73. The van der Waals surface area contributed by atoms with E-state index in [1.54, 1.807) is 0 Å². The van der Waals surface area contributed by atoms with Gasteiger partial charge in [0.25, 0.3) is 0 Å². The number of aromatic amines is 1. The van der Waals surface area contributed by atoms with E-state index in [0.717, 1.165) is 48.9 Å². The van der Waals surface area contributed by atoms with Gasteiger partial charge in [0.1, 0.15) is 12.4 Å². The highest BCUT2D eigenvalue weighted by Crippen LogP contribution is 2.26. The van der Waals surface area contributed by atoms with Gasteiger partial charge in [-0.2, -0.15) is 5.26 Å². The van der Waals surface area contributed by atoms with Gasteiger partial charge in [-0.1, -0.05) is 0 Å². The summed E-state index contributed by atoms with van der Waals surface area (Å²) in [6, 6.07) is 15.6. The van der Waals surface area contributed by atoms with Gasteiger partial charge in [-0.05, 0) is 73.8 Å². The summed E-state index contributed by atoms with van der Waals surface area (Å²) in [6.45, 7) is 2.36. The van der Waals surface area contributed by atoms with E-state index in [1.165, 1.54) is 5.56 Å². The number of nitrogens with two attached hydrogens (primary N) is 1. The van der Waals surface area contributed by atoms with E-state index >= 15 is 0 Å². The number of rotatable bonds is 7. The van der Waals surface area contributed by atoms with Crippen LogP contribution >= 0.6 is 0 Å². The van der Waals surface area contributed by atoms with Crippen molar-refractivity contribution in [1.82, 2.24) is 4.98 Å². The molecule has 1 aliphatic rings. The van der Waals surface area contributed by atoms with Crippen molar-refractivity contribution in [2.24, 2.45) is 11.7 Å². The van der Waals surface area contributed by atoms with E-state index < -0.39 is 0 Å². The Bertz CT molecular complexity index is 1060. The number of carbonyl (C=O) groups excluding carboxylic acids is 1. The molecule has 2 heterocycles. The highest BCUT2D eigenvalue weighted by atomic mass is 16.5. The van der Waals surface area contributed by atoms with Gasteiger partial charge in [-0.3, -0.25) is 4.79 Å². The molecule has 0 atom stereocenters. The maximum absolute atomic E-state index is 12.7. The molecule has 3 aromatic rings. The summed E-state index contributed by atoms with van der Waals surface area (Å²) < 4.78 is 5.83. The third-order valence-electron chi connectivity index (χ3n) is 5.85. The van der Waals surface area contributed by atoms with Gasteiger partial charge in [-0.25, -0.2) is 0 Å². The van der Waals surface area contributed by atoms with Gasteiger partial charge in [0.15, 0.2) is 5.78 Å². The standard InChI is InChI=1S/C24H26N4O2/c25-10-7-19-15-27-23-6-5-21(13-22(19)23)30-16-24(29)18-8-11-28(12-9-18)20-3-1-17(14-26)2-4-20/h1-6,13,15,18,27H,7-12,16,25H2. The van der Waals surface area contributed by atoms with Crippen LogP contribution < -0.4 is 15.4 Å². The smallest absolute Gasteiger partial charge is 0.173 e. The number of hydrogen-bond acceptors (Lipinski definition) is 5. The molecule has 0 bridgehead atoms. The molecule has 154 valence electrons. The van der Waals surface area contributed by atoms with E-state index in [4.69, 9.17) is 15.7 Å². The fourth-order valence-electron chi connectivity index (χ4n) is 4.09. The Morgan fingerprint density at radius 3 is 2.67 bits per heavy atom. The molecular formula is C24H26N4O2. The number of piperidine rings is 1. The first-order valence-electron chi connectivity index (χ1n) is 10.4. The van der Waals surface area contributed by atoms with E-state index in [0.29, 0.717) is 17.9 Å². The molecule has 6 heteroatoms. The Morgan fingerprint density at radius 1 is 1.20 bits per heavy atom. The lowest BCUT2D eigenvalue weighted by molar-refractivity contribution is -0.125. The van der Waals surface area contributed by atoms with Crippen molar-refractivity contribution in [2.45, 2.75) is 19.3 Å². The van der Waals surface area contributed by atoms with Crippen LogP contribution in [0.5, 0.6) is 5.75 Å². The quantitative estimate of drug-likeness (QED) is 0.631. The minimum atomic E-state index is 0.0309. The lowest BCUT2D eigenvalue weighted by Gasteiger charge is -2.33. The summed E-state index contributed by atoms with van der Waals surface area (Å²) in [5.41, 5.74) is 9.66. The largest absolute Gasteiger partial charge is 0.486 e.